The molecule has 1 saturated carbocycles. The van der Waals surface area contributed by atoms with Crippen LogP contribution in [0.25, 0.3) is 0 Å². The maximum atomic E-state index is 13.4. The van der Waals surface area contributed by atoms with Gasteiger partial charge >= 0.3 is 0 Å². The minimum Gasteiger partial charge on any atom is -0.497 e. The van der Waals surface area contributed by atoms with Crippen LogP contribution in [0.2, 0.25) is 0 Å². The number of amides is 1. The predicted octanol–water partition coefficient (Wildman–Crippen LogP) is 5.45. The Morgan fingerprint density at radius 1 is 1.07 bits per heavy atom. The molecule has 1 amide bonds. The summed E-state index contributed by atoms with van der Waals surface area (Å²) in [7, 11) is 1.63. The molecule has 3 nitrogen and oxygen atoms in total. The van der Waals surface area contributed by atoms with Gasteiger partial charge in [0.05, 0.1) is 18.0 Å². The topological polar surface area (TPSA) is 29.5 Å². The van der Waals surface area contributed by atoms with Gasteiger partial charge in [-0.05, 0) is 49.1 Å². The van der Waals surface area contributed by atoms with Crippen LogP contribution in [0.3, 0.4) is 0 Å². The van der Waals surface area contributed by atoms with E-state index in [1.54, 1.807) is 7.11 Å². The Morgan fingerprint density at radius 3 is 2.52 bits per heavy atom. The molecule has 0 radical (unpaired) electrons. The third-order valence-electron chi connectivity index (χ3n) is 6.25. The second-order valence-electron chi connectivity index (χ2n) is 7.72. The highest BCUT2D eigenvalue weighted by Gasteiger charge is 2.50. The van der Waals surface area contributed by atoms with E-state index in [0.717, 1.165) is 25.0 Å². The molecular weight excluding hydrogens is 358 g/mol. The average molecular weight is 384 g/mol. The summed E-state index contributed by atoms with van der Waals surface area (Å²) in [6, 6.07) is 17.8. The predicted molar refractivity (Wildman–Crippen MR) is 108 cm³/mol. The summed E-state index contributed by atoms with van der Waals surface area (Å²) in [6.45, 7) is 0.699. The van der Waals surface area contributed by atoms with Gasteiger partial charge in [0.1, 0.15) is 5.75 Å². The van der Waals surface area contributed by atoms with Crippen LogP contribution in [0.15, 0.2) is 54.6 Å². The molecule has 4 heteroatoms. The van der Waals surface area contributed by atoms with Crippen molar-refractivity contribution >= 4 is 17.5 Å². The van der Waals surface area contributed by atoms with E-state index in [4.69, 9.17) is 16.3 Å². The fraction of sp³-hybridized carbons (Fsp3) is 0.435. The number of alkyl halides is 1. The van der Waals surface area contributed by atoms with Crippen LogP contribution in [0.4, 0.5) is 0 Å². The number of piperidine rings is 1. The number of hydrogen-bond donors (Lipinski definition) is 0. The molecule has 4 rings (SSSR count). The first-order valence-corrected chi connectivity index (χ1v) is 10.2. The van der Waals surface area contributed by atoms with Crippen molar-refractivity contribution in [1.29, 1.82) is 0 Å². The Balaban J connectivity index is 1.70. The summed E-state index contributed by atoms with van der Waals surface area (Å²) in [5.74, 6) is 1.14. The minimum absolute atomic E-state index is 0.0346. The minimum atomic E-state index is -0.185. The number of carbonyl (C=O) groups excluding carboxylic acids is 1. The van der Waals surface area contributed by atoms with Crippen LogP contribution in [-0.2, 0) is 0 Å². The Hall–Kier alpha value is -2.00. The Kier molecular flexibility index (Phi) is 5.14. The highest BCUT2D eigenvalue weighted by molar-refractivity contribution is 6.24. The number of rotatable bonds is 3. The lowest BCUT2D eigenvalue weighted by Crippen LogP contribution is -2.53. The molecule has 1 heterocycles. The highest BCUT2D eigenvalue weighted by atomic mass is 35.5. The van der Waals surface area contributed by atoms with Gasteiger partial charge in [0, 0.05) is 18.0 Å². The molecule has 2 aromatic rings. The van der Waals surface area contributed by atoms with E-state index in [9.17, 15) is 4.79 Å². The molecular formula is C23H26ClNO2. The van der Waals surface area contributed by atoms with Crippen molar-refractivity contribution in [3.63, 3.8) is 0 Å². The molecule has 0 N–H and O–H groups in total. The number of nitrogens with zero attached hydrogens (tertiary/aromatic N) is 1. The van der Waals surface area contributed by atoms with Crippen molar-refractivity contribution in [3.8, 4) is 5.75 Å². The van der Waals surface area contributed by atoms with Crippen LogP contribution in [0, 0.1) is 5.92 Å². The monoisotopic (exact) mass is 383 g/mol. The Labute approximate surface area is 166 Å². The summed E-state index contributed by atoms with van der Waals surface area (Å²) in [4.78, 5) is 15.3. The number of benzene rings is 2. The lowest BCUT2D eigenvalue weighted by atomic mass is 9.68. The van der Waals surface area contributed by atoms with Gasteiger partial charge in [-0.15, -0.1) is 11.6 Å². The molecule has 0 spiro atoms. The number of fused-ring (bicyclic) bond motifs is 1. The van der Waals surface area contributed by atoms with E-state index in [2.05, 4.69) is 24.3 Å². The maximum Gasteiger partial charge on any atom is 0.254 e. The quantitative estimate of drug-likeness (QED) is 0.659. The van der Waals surface area contributed by atoms with Crippen LogP contribution >= 0.6 is 11.6 Å². The largest absolute Gasteiger partial charge is 0.497 e. The second kappa shape index (κ2) is 7.55. The molecule has 27 heavy (non-hydrogen) atoms. The van der Waals surface area contributed by atoms with Gasteiger partial charge in [-0.25, -0.2) is 0 Å². The molecule has 1 aliphatic carbocycles. The number of ether oxygens (including phenoxy) is 1. The van der Waals surface area contributed by atoms with Crippen LogP contribution in [-0.4, -0.2) is 29.3 Å². The normalized spacial score (nSPS) is 27.7. The van der Waals surface area contributed by atoms with Gasteiger partial charge in [0.15, 0.2) is 0 Å². The molecule has 0 bridgehead atoms. The van der Waals surface area contributed by atoms with Crippen LogP contribution in [0.1, 0.15) is 54.1 Å². The van der Waals surface area contributed by atoms with Gasteiger partial charge in [0.2, 0.25) is 0 Å². The summed E-state index contributed by atoms with van der Waals surface area (Å²) in [6.07, 6.45) is 5.37. The van der Waals surface area contributed by atoms with E-state index < -0.39 is 0 Å². The lowest BCUT2D eigenvalue weighted by molar-refractivity contribution is 0.0279. The molecule has 142 valence electrons. The molecule has 1 saturated heterocycles. The average Bonchev–Trinajstić information content (AvgIpc) is 2.72. The van der Waals surface area contributed by atoms with Gasteiger partial charge in [-0.2, -0.15) is 0 Å². The van der Waals surface area contributed by atoms with E-state index in [1.165, 1.54) is 18.4 Å². The summed E-state index contributed by atoms with van der Waals surface area (Å²) in [5, 5.41) is 0. The van der Waals surface area contributed by atoms with E-state index in [0.29, 0.717) is 18.0 Å². The van der Waals surface area contributed by atoms with Crippen molar-refractivity contribution in [2.45, 2.75) is 43.0 Å². The van der Waals surface area contributed by atoms with Gasteiger partial charge < -0.3 is 9.64 Å². The Bertz CT molecular complexity index is 792. The van der Waals surface area contributed by atoms with Gasteiger partial charge in [-0.1, -0.05) is 43.2 Å². The molecule has 1 aliphatic heterocycles. The third kappa shape index (κ3) is 3.45. The SMILES string of the molecule is COc1ccc(C(=O)N2CC[C@@]3(Cl)CCCC[C@H]3[C@@H]2c2ccccc2)cc1. The van der Waals surface area contributed by atoms with E-state index >= 15 is 0 Å². The van der Waals surface area contributed by atoms with E-state index in [1.807, 2.05) is 35.2 Å². The fourth-order valence-electron chi connectivity index (χ4n) is 4.83. The van der Waals surface area contributed by atoms with Crippen molar-refractivity contribution in [3.05, 3.63) is 65.7 Å². The third-order valence-corrected chi connectivity index (χ3v) is 6.90. The zero-order valence-electron chi connectivity index (χ0n) is 15.7. The molecule has 2 aromatic carbocycles. The smallest absolute Gasteiger partial charge is 0.254 e. The first-order chi connectivity index (χ1) is 13.1. The summed E-state index contributed by atoms with van der Waals surface area (Å²) in [5.41, 5.74) is 1.89. The number of methoxy groups -OCH3 is 1. The summed E-state index contributed by atoms with van der Waals surface area (Å²) < 4.78 is 5.23. The first kappa shape index (κ1) is 18.4. The van der Waals surface area contributed by atoms with Crippen molar-refractivity contribution in [2.75, 3.05) is 13.7 Å². The molecule has 0 aromatic heterocycles. The van der Waals surface area contributed by atoms with Crippen LogP contribution in [0.5, 0.6) is 5.75 Å². The molecule has 2 aliphatic rings. The number of halogens is 1. The Morgan fingerprint density at radius 2 is 1.81 bits per heavy atom. The van der Waals surface area contributed by atoms with Gasteiger partial charge in [0.25, 0.3) is 5.91 Å². The highest BCUT2D eigenvalue weighted by Crippen LogP contribution is 2.52. The standard InChI is InChI=1S/C23H26ClNO2/c1-27-19-12-10-18(11-13-19)22(26)25-16-15-23(24)14-6-5-9-20(23)21(25)17-7-3-2-4-8-17/h2-4,7-8,10-13,20-21H,5-6,9,14-16H2,1H3/t20-,21-,23-/m0/s1. The molecule has 2 fully saturated rings. The fourth-order valence-corrected chi connectivity index (χ4v) is 5.28. The molecule has 3 atom stereocenters. The zero-order valence-corrected chi connectivity index (χ0v) is 16.5. The van der Waals surface area contributed by atoms with Crippen LogP contribution < -0.4 is 4.74 Å². The summed E-state index contributed by atoms with van der Waals surface area (Å²) >= 11 is 7.12. The zero-order chi connectivity index (χ0) is 18.9. The van der Waals surface area contributed by atoms with Gasteiger partial charge in [-0.3, -0.25) is 4.79 Å². The number of hydrogen-bond acceptors (Lipinski definition) is 2. The maximum absolute atomic E-state index is 13.4. The molecule has 0 unspecified atom stereocenters. The lowest BCUT2D eigenvalue weighted by Gasteiger charge is -2.52. The van der Waals surface area contributed by atoms with Crippen molar-refractivity contribution < 1.29 is 9.53 Å². The second-order valence-corrected chi connectivity index (χ2v) is 8.47. The number of likely N-dealkylation sites (tertiary alicyclic amines) is 1. The number of carbonyl (C=O) groups is 1. The van der Waals surface area contributed by atoms with Crippen molar-refractivity contribution in [1.82, 2.24) is 4.90 Å². The first-order valence-electron chi connectivity index (χ1n) is 9.81. The van der Waals surface area contributed by atoms with Crippen molar-refractivity contribution in [2.24, 2.45) is 5.92 Å². The van der Waals surface area contributed by atoms with E-state index in [-0.39, 0.29) is 16.8 Å².